The van der Waals surface area contributed by atoms with Crippen LogP contribution in [0, 0.1) is 0 Å². The molecule has 0 unspecified atom stereocenters. The van der Waals surface area contributed by atoms with Gasteiger partial charge in [0.05, 0.1) is 0 Å². The number of amides is 2. The van der Waals surface area contributed by atoms with Gasteiger partial charge in [0, 0.05) is 17.6 Å². The highest BCUT2D eigenvalue weighted by atomic mass is 35.5. The molecule has 0 aliphatic heterocycles. The van der Waals surface area contributed by atoms with E-state index in [4.69, 9.17) is 11.6 Å². The molecule has 1 aliphatic carbocycles. The van der Waals surface area contributed by atoms with Crippen LogP contribution in [-0.2, 0) is 12.8 Å². The molecular formula is C14H19ClN2O. The van der Waals surface area contributed by atoms with Gasteiger partial charge in [0.25, 0.3) is 0 Å². The zero-order valence-electron chi connectivity index (χ0n) is 10.6. The van der Waals surface area contributed by atoms with Crippen LogP contribution in [0.1, 0.15) is 30.9 Å². The fourth-order valence-electron chi connectivity index (χ4n) is 2.30. The second-order valence-electron chi connectivity index (χ2n) is 4.77. The maximum atomic E-state index is 11.7. The molecule has 0 bridgehead atoms. The van der Waals surface area contributed by atoms with Crippen molar-refractivity contribution in [3.05, 3.63) is 29.3 Å². The molecule has 1 aliphatic rings. The van der Waals surface area contributed by atoms with Crippen LogP contribution in [0.4, 0.5) is 10.5 Å². The van der Waals surface area contributed by atoms with E-state index in [1.54, 1.807) is 0 Å². The summed E-state index contributed by atoms with van der Waals surface area (Å²) in [6.45, 7) is 2.33. The molecule has 1 aromatic rings. The quantitative estimate of drug-likeness (QED) is 0.810. The summed E-state index contributed by atoms with van der Waals surface area (Å²) < 4.78 is 0. The fraction of sp³-hybridized carbons (Fsp3) is 0.500. The summed E-state index contributed by atoms with van der Waals surface area (Å²) in [7, 11) is 0. The number of alkyl halides is 1. The Bertz CT molecular complexity index is 432. The Morgan fingerprint density at radius 2 is 2.17 bits per heavy atom. The number of hydrogen-bond donors (Lipinski definition) is 2. The Hall–Kier alpha value is -1.22. The van der Waals surface area contributed by atoms with Gasteiger partial charge in [-0.15, -0.1) is 11.6 Å². The van der Waals surface area contributed by atoms with Crippen molar-refractivity contribution in [2.24, 2.45) is 0 Å². The monoisotopic (exact) mass is 266 g/mol. The normalized spacial score (nSPS) is 15.7. The number of rotatable bonds is 3. The first-order valence-electron chi connectivity index (χ1n) is 6.46. The maximum Gasteiger partial charge on any atom is 0.319 e. The number of urea groups is 1. The highest BCUT2D eigenvalue weighted by molar-refractivity contribution is 6.20. The van der Waals surface area contributed by atoms with Crippen molar-refractivity contribution in [3.8, 4) is 0 Å². The molecular weight excluding hydrogens is 248 g/mol. The second-order valence-corrected chi connectivity index (χ2v) is 5.51. The molecule has 0 saturated carbocycles. The number of nitrogens with one attached hydrogen (secondary N) is 2. The molecule has 2 amide bonds. The minimum atomic E-state index is -0.179. The van der Waals surface area contributed by atoms with Gasteiger partial charge < -0.3 is 10.6 Å². The van der Waals surface area contributed by atoms with Crippen molar-refractivity contribution < 1.29 is 4.79 Å². The highest BCUT2D eigenvalue weighted by Crippen LogP contribution is 2.27. The molecule has 0 aromatic heterocycles. The first-order valence-corrected chi connectivity index (χ1v) is 6.90. The number of benzene rings is 1. The Labute approximate surface area is 113 Å². The van der Waals surface area contributed by atoms with Gasteiger partial charge in [-0.05, 0) is 49.8 Å². The molecule has 0 radical (unpaired) electrons. The lowest BCUT2D eigenvalue weighted by molar-refractivity contribution is 0.252. The van der Waals surface area contributed by atoms with Crippen molar-refractivity contribution in [1.29, 1.82) is 0 Å². The number of fused-ring (bicyclic) bond motifs is 1. The average Bonchev–Trinajstić information content (AvgIpc) is 2.37. The lowest BCUT2D eigenvalue weighted by Crippen LogP contribution is -2.33. The topological polar surface area (TPSA) is 41.1 Å². The molecule has 18 heavy (non-hydrogen) atoms. The largest absolute Gasteiger partial charge is 0.336 e. The van der Waals surface area contributed by atoms with E-state index in [9.17, 15) is 4.79 Å². The van der Waals surface area contributed by atoms with Gasteiger partial charge in [0.1, 0.15) is 0 Å². The molecule has 2 rings (SSSR count). The van der Waals surface area contributed by atoms with E-state index in [2.05, 4.69) is 16.7 Å². The lowest BCUT2D eigenvalue weighted by atomic mass is 9.90. The number of hydrogen-bond acceptors (Lipinski definition) is 1. The number of halogens is 1. The molecule has 0 saturated heterocycles. The van der Waals surface area contributed by atoms with E-state index >= 15 is 0 Å². The number of anilines is 1. The van der Waals surface area contributed by atoms with Gasteiger partial charge >= 0.3 is 6.03 Å². The third-order valence-electron chi connectivity index (χ3n) is 3.19. The fourth-order valence-corrected chi connectivity index (χ4v) is 2.38. The van der Waals surface area contributed by atoms with E-state index in [0.29, 0.717) is 6.54 Å². The Morgan fingerprint density at radius 1 is 1.39 bits per heavy atom. The standard InChI is InChI=1S/C14H19ClN2O/c1-10(15)9-16-14(18)17-13-8-4-6-11-5-2-3-7-12(11)13/h4,6,8,10H,2-3,5,7,9H2,1H3,(H2,16,17,18)/t10-/m0/s1. The molecule has 2 N–H and O–H groups in total. The first-order chi connectivity index (χ1) is 8.66. The van der Waals surface area contributed by atoms with Crippen LogP contribution in [-0.4, -0.2) is 18.0 Å². The molecule has 3 nitrogen and oxygen atoms in total. The Morgan fingerprint density at radius 3 is 2.94 bits per heavy atom. The SMILES string of the molecule is C[C@H](Cl)CNC(=O)Nc1cccc2c1CCCC2. The van der Waals surface area contributed by atoms with Crippen LogP contribution < -0.4 is 10.6 Å². The summed E-state index contributed by atoms with van der Waals surface area (Å²) in [4.78, 5) is 11.7. The predicted molar refractivity (Wildman–Crippen MR) is 75.4 cm³/mol. The molecule has 0 heterocycles. The number of aryl methyl sites for hydroxylation is 1. The van der Waals surface area contributed by atoms with Gasteiger partial charge in [0.2, 0.25) is 0 Å². The van der Waals surface area contributed by atoms with Crippen molar-refractivity contribution in [3.63, 3.8) is 0 Å². The third-order valence-corrected chi connectivity index (χ3v) is 3.34. The molecule has 1 atom stereocenters. The summed E-state index contributed by atoms with van der Waals surface area (Å²) in [5.74, 6) is 0. The first kappa shape index (κ1) is 13.2. The highest BCUT2D eigenvalue weighted by Gasteiger charge is 2.14. The molecule has 98 valence electrons. The van der Waals surface area contributed by atoms with Crippen LogP contribution in [0.2, 0.25) is 0 Å². The van der Waals surface area contributed by atoms with E-state index in [1.807, 2.05) is 19.1 Å². The van der Waals surface area contributed by atoms with Gasteiger partial charge in [-0.25, -0.2) is 4.79 Å². The van der Waals surface area contributed by atoms with Crippen LogP contribution in [0.3, 0.4) is 0 Å². The maximum absolute atomic E-state index is 11.7. The number of carbonyl (C=O) groups excluding carboxylic acids is 1. The Kier molecular flexibility index (Phi) is 4.48. The summed E-state index contributed by atoms with van der Waals surface area (Å²) >= 11 is 5.80. The second kappa shape index (κ2) is 6.10. The lowest BCUT2D eigenvalue weighted by Gasteiger charge is -2.19. The van der Waals surface area contributed by atoms with Gasteiger partial charge in [-0.3, -0.25) is 0 Å². The molecule has 4 heteroatoms. The third kappa shape index (κ3) is 3.39. The minimum Gasteiger partial charge on any atom is -0.336 e. The molecule has 1 aromatic carbocycles. The van der Waals surface area contributed by atoms with Crippen LogP contribution in [0.15, 0.2) is 18.2 Å². The van der Waals surface area contributed by atoms with Crippen LogP contribution in [0.25, 0.3) is 0 Å². The zero-order valence-corrected chi connectivity index (χ0v) is 11.4. The Balaban J connectivity index is 2.03. The number of carbonyl (C=O) groups is 1. The summed E-state index contributed by atoms with van der Waals surface area (Å²) in [5, 5.41) is 5.62. The van der Waals surface area contributed by atoms with E-state index in [-0.39, 0.29) is 11.4 Å². The van der Waals surface area contributed by atoms with Crippen LogP contribution >= 0.6 is 11.6 Å². The predicted octanol–water partition coefficient (Wildman–Crippen LogP) is 3.31. The van der Waals surface area contributed by atoms with Crippen molar-refractivity contribution >= 4 is 23.3 Å². The van der Waals surface area contributed by atoms with Crippen molar-refractivity contribution in [2.75, 3.05) is 11.9 Å². The molecule has 0 spiro atoms. The summed E-state index contributed by atoms with van der Waals surface area (Å²) in [6.07, 6.45) is 4.61. The van der Waals surface area contributed by atoms with Crippen molar-refractivity contribution in [2.45, 2.75) is 38.0 Å². The average molecular weight is 267 g/mol. The minimum absolute atomic E-state index is 0.0551. The van der Waals surface area contributed by atoms with Gasteiger partial charge in [-0.1, -0.05) is 12.1 Å². The molecule has 0 fully saturated rings. The van der Waals surface area contributed by atoms with E-state index < -0.39 is 0 Å². The van der Waals surface area contributed by atoms with Gasteiger partial charge in [-0.2, -0.15) is 0 Å². The van der Waals surface area contributed by atoms with Crippen LogP contribution in [0.5, 0.6) is 0 Å². The van der Waals surface area contributed by atoms with Crippen molar-refractivity contribution in [1.82, 2.24) is 5.32 Å². The summed E-state index contributed by atoms with van der Waals surface area (Å²) in [5.41, 5.74) is 3.59. The van der Waals surface area contributed by atoms with Gasteiger partial charge in [0.15, 0.2) is 0 Å². The van der Waals surface area contributed by atoms with E-state index in [1.165, 1.54) is 24.0 Å². The smallest absolute Gasteiger partial charge is 0.319 e. The summed E-state index contributed by atoms with van der Waals surface area (Å²) in [6, 6.07) is 5.94. The zero-order chi connectivity index (χ0) is 13.0. The van der Waals surface area contributed by atoms with E-state index in [0.717, 1.165) is 18.5 Å².